The molecule has 2 aliphatic heterocycles. The zero-order valence-corrected chi connectivity index (χ0v) is 22.3. The van der Waals surface area contributed by atoms with Crippen LogP contribution in [0.5, 0.6) is 0 Å². The van der Waals surface area contributed by atoms with Gasteiger partial charge in [0.15, 0.2) is 0 Å². The fraction of sp³-hybridized carbons (Fsp3) is 0.308. The van der Waals surface area contributed by atoms with Gasteiger partial charge in [0.1, 0.15) is 5.69 Å². The lowest BCUT2D eigenvalue weighted by molar-refractivity contribution is -0.384. The minimum absolute atomic E-state index is 0.158. The predicted octanol–water partition coefficient (Wildman–Crippen LogP) is 4.06. The highest BCUT2D eigenvalue weighted by atomic mass is 79.9. The van der Waals surface area contributed by atoms with Crippen molar-refractivity contribution >= 4 is 44.8 Å². The van der Waals surface area contributed by atoms with Gasteiger partial charge in [-0.1, -0.05) is 22.0 Å². The summed E-state index contributed by atoms with van der Waals surface area (Å²) in [5, 5.41) is 18.3. The Morgan fingerprint density at radius 2 is 2.00 bits per heavy atom. The molecule has 0 unspecified atom stereocenters. The number of likely N-dealkylation sites (tertiary alicyclic amines) is 1. The Hall–Kier alpha value is -4.06. The molecule has 0 spiro atoms. The van der Waals surface area contributed by atoms with Gasteiger partial charge in [0.05, 0.1) is 34.0 Å². The van der Waals surface area contributed by atoms with Crippen LogP contribution >= 0.6 is 15.9 Å². The SMILES string of the molecule is CNc1cncc(C(=O)N2CCC[C@@H](Nc3c(C(=O)N4Cc5cccnc5C4)cc(Br)cc3[N+](=O)[O-])C2)c1. The molecule has 2 aromatic heterocycles. The minimum atomic E-state index is -0.495. The standard InChI is InChI=1S/C26H26BrN7O4/c1-28-20-8-17(11-29-12-20)25(35)32-7-3-5-19(14-32)31-24-21(9-18(27)10-23(24)34(37)38)26(36)33-13-16-4-2-6-30-22(16)15-33/h2,4,6,8-12,19,28,31H,3,5,7,13-15H2,1H3/t19-/m1/s1. The van der Waals surface area contributed by atoms with E-state index in [1.807, 2.05) is 12.1 Å². The summed E-state index contributed by atoms with van der Waals surface area (Å²) in [4.78, 5) is 50.2. The third-order valence-corrected chi connectivity index (χ3v) is 7.27. The monoisotopic (exact) mass is 579 g/mol. The van der Waals surface area contributed by atoms with E-state index in [2.05, 4.69) is 36.5 Å². The van der Waals surface area contributed by atoms with Crippen molar-refractivity contribution in [3.8, 4) is 0 Å². The molecule has 196 valence electrons. The zero-order chi connectivity index (χ0) is 26.8. The Morgan fingerprint density at radius 3 is 2.76 bits per heavy atom. The maximum absolute atomic E-state index is 13.7. The van der Waals surface area contributed by atoms with Crippen molar-refractivity contribution in [1.29, 1.82) is 0 Å². The molecule has 2 N–H and O–H groups in total. The lowest BCUT2D eigenvalue weighted by Gasteiger charge is -2.34. The van der Waals surface area contributed by atoms with Crippen molar-refractivity contribution in [2.75, 3.05) is 30.8 Å². The second-order valence-electron chi connectivity index (χ2n) is 9.32. The van der Waals surface area contributed by atoms with Crippen LogP contribution < -0.4 is 10.6 Å². The van der Waals surface area contributed by atoms with E-state index in [1.54, 1.807) is 41.4 Å². The van der Waals surface area contributed by atoms with Gasteiger partial charge in [0.2, 0.25) is 0 Å². The van der Waals surface area contributed by atoms with Crippen LogP contribution in [0, 0.1) is 10.1 Å². The first-order chi connectivity index (χ1) is 18.3. The first kappa shape index (κ1) is 25.6. The number of nitro benzene ring substituents is 1. The number of aromatic nitrogens is 2. The summed E-state index contributed by atoms with van der Waals surface area (Å²) in [5.41, 5.74) is 3.13. The normalized spacial score (nSPS) is 16.6. The molecule has 5 rings (SSSR count). The van der Waals surface area contributed by atoms with Crippen LogP contribution in [-0.2, 0) is 13.1 Å². The highest BCUT2D eigenvalue weighted by Gasteiger charge is 2.33. The number of fused-ring (bicyclic) bond motifs is 1. The van der Waals surface area contributed by atoms with E-state index >= 15 is 0 Å². The Labute approximate surface area is 227 Å². The van der Waals surface area contributed by atoms with E-state index in [1.165, 1.54) is 12.3 Å². The third kappa shape index (κ3) is 5.17. The van der Waals surface area contributed by atoms with E-state index in [-0.39, 0.29) is 34.8 Å². The average molecular weight is 580 g/mol. The molecule has 0 saturated carbocycles. The van der Waals surface area contributed by atoms with Crippen molar-refractivity contribution < 1.29 is 14.5 Å². The first-order valence-corrected chi connectivity index (χ1v) is 13.0. The first-order valence-electron chi connectivity index (χ1n) is 12.2. The van der Waals surface area contributed by atoms with Gasteiger partial charge < -0.3 is 20.4 Å². The van der Waals surface area contributed by atoms with Crippen molar-refractivity contribution in [2.24, 2.45) is 0 Å². The van der Waals surface area contributed by atoms with Crippen LogP contribution in [0.25, 0.3) is 0 Å². The number of nitrogens with one attached hydrogen (secondary N) is 2. The third-order valence-electron chi connectivity index (χ3n) is 6.81. The number of pyridine rings is 2. The fourth-order valence-electron chi connectivity index (χ4n) is 4.93. The molecule has 12 heteroatoms. The molecule has 1 saturated heterocycles. The van der Waals surface area contributed by atoms with Crippen molar-refractivity contribution in [1.82, 2.24) is 19.8 Å². The van der Waals surface area contributed by atoms with Gasteiger partial charge in [-0.25, -0.2) is 0 Å². The van der Waals surface area contributed by atoms with E-state index in [0.29, 0.717) is 49.1 Å². The molecule has 11 nitrogen and oxygen atoms in total. The van der Waals surface area contributed by atoms with Gasteiger partial charge in [-0.3, -0.25) is 29.7 Å². The summed E-state index contributed by atoms with van der Waals surface area (Å²) in [6.45, 7) is 1.62. The van der Waals surface area contributed by atoms with Crippen LogP contribution in [0.3, 0.4) is 0 Å². The lowest BCUT2D eigenvalue weighted by Crippen LogP contribution is -2.45. The van der Waals surface area contributed by atoms with Gasteiger partial charge in [0, 0.05) is 61.9 Å². The van der Waals surface area contributed by atoms with Gasteiger partial charge in [-0.15, -0.1) is 0 Å². The number of halogens is 1. The average Bonchev–Trinajstić information content (AvgIpc) is 3.37. The van der Waals surface area contributed by atoms with Crippen LogP contribution in [0.4, 0.5) is 17.1 Å². The molecule has 2 aliphatic rings. The molecule has 0 radical (unpaired) electrons. The quantitative estimate of drug-likeness (QED) is 0.330. The van der Waals surface area contributed by atoms with Crippen LogP contribution in [0.1, 0.15) is 44.8 Å². The smallest absolute Gasteiger partial charge is 0.294 e. The number of benzene rings is 1. The van der Waals surface area contributed by atoms with Gasteiger partial charge in [-0.2, -0.15) is 0 Å². The zero-order valence-electron chi connectivity index (χ0n) is 20.7. The number of amides is 2. The van der Waals surface area contributed by atoms with E-state index in [4.69, 9.17) is 0 Å². The molecular formula is C26H26BrN7O4. The second kappa shape index (κ2) is 10.7. The Kier molecular flexibility index (Phi) is 7.23. The number of nitro groups is 1. The van der Waals surface area contributed by atoms with Gasteiger partial charge >= 0.3 is 0 Å². The molecule has 4 heterocycles. The molecule has 2 amide bonds. The van der Waals surface area contributed by atoms with E-state index in [9.17, 15) is 19.7 Å². The number of rotatable bonds is 6. The fourth-order valence-corrected chi connectivity index (χ4v) is 5.38. The van der Waals surface area contributed by atoms with Crippen LogP contribution in [0.2, 0.25) is 0 Å². The molecule has 1 atom stereocenters. The summed E-state index contributed by atoms with van der Waals surface area (Å²) < 4.78 is 0.435. The molecule has 0 aliphatic carbocycles. The minimum Gasteiger partial charge on any atom is -0.387 e. The number of carbonyl (C=O) groups excluding carboxylic acids is 2. The molecule has 1 fully saturated rings. The Morgan fingerprint density at radius 1 is 1.16 bits per heavy atom. The Bertz CT molecular complexity index is 1390. The second-order valence-corrected chi connectivity index (χ2v) is 10.2. The Balaban J connectivity index is 1.40. The van der Waals surface area contributed by atoms with Crippen molar-refractivity contribution in [3.63, 3.8) is 0 Å². The number of hydrogen-bond donors (Lipinski definition) is 2. The maximum atomic E-state index is 13.7. The number of carbonyl (C=O) groups is 2. The number of piperidine rings is 1. The molecule has 1 aromatic carbocycles. The van der Waals surface area contributed by atoms with Crippen molar-refractivity contribution in [2.45, 2.75) is 32.0 Å². The highest BCUT2D eigenvalue weighted by Crippen LogP contribution is 2.36. The molecule has 38 heavy (non-hydrogen) atoms. The summed E-state index contributed by atoms with van der Waals surface area (Å²) in [6.07, 6.45) is 6.25. The van der Waals surface area contributed by atoms with E-state index in [0.717, 1.165) is 16.9 Å². The van der Waals surface area contributed by atoms with Crippen LogP contribution in [-0.4, -0.2) is 62.7 Å². The summed E-state index contributed by atoms with van der Waals surface area (Å²) in [6, 6.07) is 8.20. The largest absolute Gasteiger partial charge is 0.387 e. The molecule has 3 aromatic rings. The van der Waals surface area contributed by atoms with Gasteiger partial charge in [-0.05, 0) is 36.6 Å². The highest BCUT2D eigenvalue weighted by molar-refractivity contribution is 9.10. The predicted molar refractivity (Wildman–Crippen MR) is 145 cm³/mol. The number of nitrogens with zero attached hydrogens (tertiary/aromatic N) is 5. The summed E-state index contributed by atoms with van der Waals surface area (Å²) in [7, 11) is 1.76. The molecule has 0 bridgehead atoms. The molecular weight excluding hydrogens is 554 g/mol. The summed E-state index contributed by atoms with van der Waals surface area (Å²) >= 11 is 3.33. The van der Waals surface area contributed by atoms with Gasteiger partial charge in [0.25, 0.3) is 17.5 Å². The van der Waals surface area contributed by atoms with Crippen molar-refractivity contribution in [3.05, 3.63) is 85.9 Å². The lowest BCUT2D eigenvalue weighted by atomic mass is 10.0. The van der Waals surface area contributed by atoms with E-state index < -0.39 is 4.92 Å². The maximum Gasteiger partial charge on any atom is 0.294 e. The van der Waals surface area contributed by atoms with Crippen LogP contribution in [0.15, 0.2) is 53.4 Å². The number of hydrogen-bond acceptors (Lipinski definition) is 8. The number of anilines is 2. The summed E-state index contributed by atoms with van der Waals surface area (Å²) in [5.74, 6) is -0.487. The topological polar surface area (TPSA) is 134 Å².